The van der Waals surface area contributed by atoms with Crippen molar-refractivity contribution in [2.24, 2.45) is 0 Å². The van der Waals surface area contributed by atoms with Gasteiger partial charge in [-0.25, -0.2) is 9.78 Å². The van der Waals surface area contributed by atoms with E-state index in [9.17, 15) is 14.4 Å². The largest absolute Gasteiger partial charge is 0.445 e. The number of imide groups is 1. The number of hydrogen-bond acceptors (Lipinski definition) is 5. The molecule has 4 rings (SSSR count). The van der Waals surface area contributed by atoms with Crippen molar-refractivity contribution in [2.45, 2.75) is 13.5 Å². The third-order valence-corrected chi connectivity index (χ3v) is 4.63. The Morgan fingerprint density at radius 3 is 2.83 bits per heavy atom. The van der Waals surface area contributed by atoms with Gasteiger partial charge in [0.2, 0.25) is 11.8 Å². The minimum atomic E-state index is -0.427. The van der Waals surface area contributed by atoms with Gasteiger partial charge in [0, 0.05) is 16.8 Å². The molecule has 8 heteroatoms. The van der Waals surface area contributed by atoms with Gasteiger partial charge < -0.3 is 15.1 Å². The highest BCUT2D eigenvalue weighted by Gasteiger charge is 2.28. The van der Waals surface area contributed by atoms with Gasteiger partial charge in [-0.05, 0) is 42.3 Å². The summed E-state index contributed by atoms with van der Waals surface area (Å²) in [7, 11) is 0. The molecule has 29 heavy (non-hydrogen) atoms. The molecule has 3 aromatic rings. The number of nitrogens with one attached hydrogen (secondary N) is 2. The summed E-state index contributed by atoms with van der Waals surface area (Å²) in [5.74, 6) is -0.114. The number of oxazole rings is 1. The summed E-state index contributed by atoms with van der Waals surface area (Å²) in [6, 6.07) is 12.0. The monoisotopic (exact) mass is 390 g/mol. The highest BCUT2D eigenvalue weighted by atomic mass is 16.3. The summed E-state index contributed by atoms with van der Waals surface area (Å²) < 4.78 is 5.31. The standard InChI is InChI=1S/C21H18N4O4/c1-13-5-6-16(20-22-7-8-29-20)10-17(13)24-19(27)15-4-2-3-14(9-15)12-25-18(26)11-23-21(25)28/h2-10H,11-12H2,1H3,(H,23,28)(H,24,27). The van der Waals surface area contributed by atoms with E-state index >= 15 is 0 Å². The van der Waals surface area contributed by atoms with E-state index in [4.69, 9.17) is 4.42 Å². The Morgan fingerprint density at radius 2 is 2.10 bits per heavy atom. The van der Waals surface area contributed by atoms with Gasteiger partial charge in [0.05, 0.1) is 19.3 Å². The fraction of sp³-hybridized carbons (Fsp3) is 0.143. The Kier molecular flexibility index (Phi) is 4.82. The summed E-state index contributed by atoms with van der Waals surface area (Å²) in [6.07, 6.45) is 3.05. The molecule has 8 nitrogen and oxygen atoms in total. The lowest BCUT2D eigenvalue weighted by molar-refractivity contribution is -0.125. The first-order valence-corrected chi connectivity index (χ1v) is 9.00. The fourth-order valence-electron chi connectivity index (χ4n) is 3.06. The number of rotatable bonds is 5. The maximum absolute atomic E-state index is 12.8. The predicted molar refractivity (Wildman–Crippen MR) is 105 cm³/mol. The number of aromatic nitrogens is 1. The zero-order valence-corrected chi connectivity index (χ0v) is 15.6. The smallest absolute Gasteiger partial charge is 0.324 e. The van der Waals surface area contributed by atoms with Crippen molar-refractivity contribution in [3.05, 3.63) is 71.6 Å². The Morgan fingerprint density at radius 1 is 1.24 bits per heavy atom. The van der Waals surface area contributed by atoms with E-state index in [1.54, 1.807) is 36.5 Å². The van der Waals surface area contributed by atoms with Crippen LogP contribution in [0.25, 0.3) is 11.5 Å². The van der Waals surface area contributed by atoms with Crippen molar-refractivity contribution >= 4 is 23.5 Å². The van der Waals surface area contributed by atoms with Crippen LogP contribution in [0.4, 0.5) is 10.5 Å². The second kappa shape index (κ2) is 7.59. The lowest BCUT2D eigenvalue weighted by Gasteiger charge is -2.14. The Balaban J connectivity index is 1.53. The number of benzene rings is 2. The molecule has 0 spiro atoms. The van der Waals surface area contributed by atoms with Crippen molar-refractivity contribution in [1.29, 1.82) is 0 Å². The van der Waals surface area contributed by atoms with Crippen LogP contribution in [-0.2, 0) is 11.3 Å². The quantitative estimate of drug-likeness (QED) is 0.652. The Labute approximate surface area is 166 Å². The lowest BCUT2D eigenvalue weighted by atomic mass is 10.1. The number of carbonyl (C=O) groups excluding carboxylic acids is 3. The average Bonchev–Trinajstić information content (AvgIpc) is 3.36. The molecule has 4 amide bonds. The molecule has 1 aliphatic heterocycles. The van der Waals surface area contributed by atoms with Crippen LogP contribution in [-0.4, -0.2) is 34.3 Å². The first-order valence-electron chi connectivity index (χ1n) is 9.00. The summed E-state index contributed by atoms with van der Waals surface area (Å²) in [4.78, 5) is 41.5. The second-order valence-corrected chi connectivity index (χ2v) is 6.66. The first-order chi connectivity index (χ1) is 14.0. The molecule has 0 bridgehead atoms. The van der Waals surface area contributed by atoms with Crippen LogP contribution in [0.5, 0.6) is 0 Å². The van der Waals surface area contributed by atoms with Crippen LogP contribution in [0.2, 0.25) is 0 Å². The summed E-state index contributed by atoms with van der Waals surface area (Å²) in [5.41, 5.74) is 3.40. The molecule has 1 fully saturated rings. The highest BCUT2D eigenvalue weighted by Crippen LogP contribution is 2.25. The minimum absolute atomic E-state index is 0.000840. The number of carbonyl (C=O) groups is 3. The predicted octanol–water partition coefficient (Wildman–Crippen LogP) is 2.95. The van der Waals surface area contributed by atoms with Gasteiger partial charge in [-0.3, -0.25) is 14.5 Å². The molecular weight excluding hydrogens is 372 g/mol. The van der Waals surface area contributed by atoms with Crippen molar-refractivity contribution in [3.8, 4) is 11.5 Å². The molecule has 2 heterocycles. The third kappa shape index (κ3) is 3.86. The van der Waals surface area contributed by atoms with Gasteiger partial charge in [0.25, 0.3) is 5.91 Å². The van der Waals surface area contributed by atoms with Crippen LogP contribution in [0.1, 0.15) is 21.5 Å². The maximum atomic E-state index is 12.8. The Bertz CT molecular complexity index is 1080. The van der Waals surface area contributed by atoms with Crippen LogP contribution in [0.15, 0.2) is 59.3 Å². The first kappa shape index (κ1) is 18.4. The number of nitrogens with zero attached hydrogens (tertiary/aromatic N) is 2. The molecule has 1 aromatic heterocycles. The molecule has 0 aliphatic carbocycles. The minimum Gasteiger partial charge on any atom is -0.445 e. The van der Waals surface area contributed by atoms with E-state index in [1.807, 2.05) is 19.1 Å². The lowest BCUT2D eigenvalue weighted by Crippen LogP contribution is -2.30. The summed E-state index contributed by atoms with van der Waals surface area (Å²) in [6.45, 7) is 2.01. The van der Waals surface area contributed by atoms with Gasteiger partial charge in [-0.15, -0.1) is 0 Å². The molecule has 0 radical (unpaired) electrons. The number of aryl methyl sites for hydroxylation is 1. The average molecular weight is 390 g/mol. The SMILES string of the molecule is Cc1ccc(-c2ncco2)cc1NC(=O)c1cccc(CN2C(=O)CNC2=O)c1. The van der Waals surface area contributed by atoms with E-state index in [2.05, 4.69) is 15.6 Å². The van der Waals surface area contributed by atoms with Crippen molar-refractivity contribution in [3.63, 3.8) is 0 Å². The molecule has 2 aromatic carbocycles. The van der Waals surface area contributed by atoms with Crippen LogP contribution < -0.4 is 10.6 Å². The zero-order chi connectivity index (χ0) is 20.4. The summed E-state index contributed by atoms with van der Waals surface area (Å²) in [5, 5.41) is 5.38. The van der Waals surface area contributed by atoms with Crippen molar-refractivity contribution in [2.75, 3.05) is 11.9 Å². The van der Waals surface area contributed by atoms with E-state index in [-0.39, 0.29) is 24.9 Å². The molecule has 1 saturated heterocycles. The molecule has 146 valence electrons. The number of urea groups is 1. The molecular formula is C21H18N4O4. The number of amides is 4. The van der Waals surface area contributed by atoms with E-state index in [0.717, 1.165) is 16.0 Å². The second-order valence-electron chi connectivity index (χ2n) is 6.66. The van der Waals surface area contributed by atoms with Gasteiger partial charge in [0.1, 0.15) is 6.26 Å². The zero-order valence-electron chi connectivity index (χ0n) is 15.6. The van der Waals surface area contributed by atoms with Gasteiger partial charge >= 0.3 is 6.03 Å². The molecule has 0 unspecified atom stereocenters. The van der Waals surface area contributed by atoms with Gasteiger partial charge in [-0.2, -0.15) is 0 Å². The van der Waals surface area contributed by atoms with Gasteiger partial charge in [-0.1, -0.05) is 18.2 Å². The maximum Gasteiger partial charge on any atom is 0.324 e. The normalized spacial score (nSPS) is 13.5. The number of anilines is 1. The molecule has 0 saturated carbocycles. The highest BCUT2D eigenvalue weighted by molar-refractivity contribution is 6.05. The fourth-order valence-corrected chi connectivity index (χ4v) is 3.06. The Hall–Kier alpha value is -3.94. The van der Waals surface area contributed by atoms with Crippen LogP contribution in [0, 0.1) is 6.92 Å². The van der Waals surface area contributed by atoms with E-state index < -0.39 is 6.03 Å². The topological polar surface area (TPSA) is 105 Å². The number of hydrogen-bond donors (Lipinski definition) is 2. The molecule has 2 N–H and O–H groups in total. The van der Waals surface area contributed by atoms with Crippen molar-refractivity contribution in [1.82, 2.24) is 15.2 Å². The van der Waals surface area contributed by atoms with Crippen LogP contribution in [0.3, 0.4) is 0 Å². The van der Waals surface area contributed by atoms with E-state index in [1.165, 1.54) is 6.26 Å². The molecule has 1 aliphatic rings. The van der Waals surface area contributed by atoms with Crippen molar-refractivity contribution < 1.29 is 18.8 Å². The summed E-state index contributed by atoms with van der Waals surface area (Å²) >= 11 is 0. The van der Waals surface area contributed by atoms with Crippen LogP contribution >= 0.6 is 0 Å². The third-order valence-electron chi connectivity index (χ3n) is 4.63. The van der Waals surface area contributed by atoms with Gasteiger partial charge in [0.15, 0.2) is 0 Å². The molecule has 0 atom stereocenters. The van der Waals surface area contributed by atoms with E-state index in [0.29, 0.717) is 22.7 Å².